The van der Waals surface area contributed by atoms with E-state index < -0.39 is 130 Å². The Morgan fingerprint density at radius 3 is 2.38 bits per heavy atom. The molecule has 16 N–H and O–H groups in total. The van der Waals surface area contributed by atoms with E-state index in [1.165, 1.54) is 12.1 Å². The second-order valence-electron chi connectivity index (χ2n) is 18.1. The van der Waals surface area contributed by atoms with Gasteiger partial charge in [0.2, 0.25) is 17.7 Å². The Bertz CT molecular complexity index is 3100. The van der Waals surface area contributed by atoms with Gasteiger partial charge in [0.05, 0.1) is 12.6 Å². The summed E-state index contributed by atoms with van der Waals surface area (Å²) in [4.78, 5) is 44.9. The van der Waals surface area contributed by atoms with E-state index in [0.29, 0.717) is 35.4 Å². The number of carboxylic acids is 1. The van der Waals surface area contributed by atoms with Gasteiger partial charge in [-0.25, -0.2) is 9.59 Å². The Hall–Kier alpha value is -6.79. The highest BCUT2D eigenvalue weighted by molar-refractivity contribution is 5.90. The normalized spacial score (nSPS) is 31.9. The fourth-order valence-corrected chi connectivity index (χ4v) is 10.0. The van der Waals surface area contributed by atoms with E-state index in [4.69, 9.17) is 29.1 Å². The van der Waals surface area contributed by atoms with Crippen LogP contribution < -0.4 is 21.2 Å². The van der Waals surface area contributed by atoms with Gasteiger partial charge in [-0.05, 0) is 60.6 Å². The number of carbonyl (C=O) groups is 2. The minimum atomic E-state index is -3.87. The number of nitrogens with two attached hydrogens (primary N) is 1. The number of fused-ring (bicyclic) bond motifs is 4. The van der Waals surface area contributed by atoms with Crippen molar-refractivity contribution in [2.45, 2.75) is 118 Å². The Morgan fingerprint density at radius 2 is 1.71 bits per heavy atom. The number of H-pyrrole nitrogens is 1. The molecule has 11 atom stereocenters. The number of allylic oxidation sites excluding steroid dienone is 4. The van der Waals surface area contributed by atoms with Crippen LogP contribution in [0.1, 0.15) is 55.8 Å². The molecule has 2 fully saturated rings. The summed E-state index contributed by atoms with van der Waals surface area (Å²) in [5, 5.41) is 137. The zero-order valence-electron chi connectivity index (χ0n) is 38.3. The number of aliphatic hydroxyl groups is 8. The molecule has 23 nitrogen and oxygen atoms in total. The van der Waals surface area contributed by atoms with Gasteiger partial charge in [0, 0.05) is 70.9 Å². The van der Waals surface area contributed by atoms with Crippen LogP contribution in [0.2, 0.25) is 0 Å². The number of phenolic OH excluding ortho intramolecular Hbond substituents is 3. The fourth-order valence-electron chi connectivity index (χ4n) is 10.0. The van der Waals surface area contributed by atoms with E-state index in [-0.39, 0.29) is 46.4 Å². The van der Waals surface area contributed by atoms with Crippen molar-refractivity contribution in [2.75, 3.05) is 6.61 Å². The third kappa shape index (κ3) is 7.53. The number of rotatable bonds is 9. The maximum Gasteiger partial charge on any atom is 0.354 e. The quantitative estimate of drug-likeness (QED) is 0.0316. The highest BCUT2D eigenvalue weighted by Crippen LogP contribution is 2.54. The van der Waals surface area contributed by atoms with Crippen molar-refractivity contribution >= 4 is 22.9 Å². The number of aromatic amines is 1. The summed E-state index contributed by atoms with van der Waals surface area (Å²) >= 11 is 0. The van der Waals surface area contributed by atoms with E-state index in [9.17, 15) is 75.7 Å². The Morgan fingerprint density at radius 1 is 0.958 bits per heavy atom. The Balaban J connectivity index is 1.34. The molecular weight excluding hydrogens is 951 g/mol. The number of nitrogens with one attached hydrogen (secondary N) is 2. The van der Waals surface area contributed by atoms with Gasteiger partial charge in [0.25, 0.3) is 11.4 Å². The third-order valence-electron chi connectivity index (χ3n) is 13.9. The van der Waals surface area contributed by atoms with Crippen LogP contribution >= 0.6 is 0 Å². The summed E-state index contributed by atoms with van der Waals surface area (Å²) in [7, 11) is 0. The molecule has 2 aromatic carbocycles. The molecule has 2 bridgehead atoms. The zero-order valence-corrected chi connectivity index (χ0v) is 38.3. The van der Waals surface area contributed by atoms with Crippen LogP contribution in [-0.2, 0) is 36.6 Å². The van der Waals surface area contributed by atoms with Crippen LogP contribution in [-0.4, -0.2) is 151 Å². The van der Waals surface area contributed by atoms with Crippen molar-refractivity contribution in [3.63, 3.8) is 0 Å². The molecule has 0 aliphatic carbocycles. The van der Waals surface area contributed by atoms with Crippen molar-refractivity contribution in [1.82, 2.24) is 10.3 Å². The summed E-state index contributed by atoms with van der Waals surface area (Å²) < 4.78 is 30.4. The molecular formula is C49H51N3O20. The molecule has 11 unspecified atom stereocenters. The molecule has 2 saturated heterocycles. The molecule has 0 radical (unpaired) electrons. The van der Waals surface area contributed by atoms with E-state index in [1.807, 2.05) is 19.8 Å². The van der Waals surface area contributed by atoms with Gasteiger partial charge in [-0.1, -0.05) is 31.9 Å². The summed E-state index contributed by atoms with van der Waals surface area (Å²) in [6, 6.07) is 7.87. The van der Waals surface area contributed by atoms with Gasteiger partial charge in [0.1, 0.15) is 52.6 Å². The first kappa shape index (κ1) is 50.2. The molecule has 4 aromatic rings. The van der Waals surface area contributed by atoms with Gasteiger partial charge in [-0.15, -0.1) is 0 Å². The number of ether oxygens (including phenoxy) is 4. The Labute approximate surface area is 406 Å². The predicted molar refractivity (Wildman–Crippen MR) is 244 cm³/mol. The van der Waals surface area contributed by atoms with Gasteiger partial charge in [-0.2, -0.15) is 0 Å². The lowest BCUT2D eigenvalue weighted by molar-refractivity contribution is -0.394. The number of aliphatic carboxylic acids is 1. The number of carboxylic acid groups (broad SMARTS) is 1. The summed E-state index contributed by atoms with van der Waals surface area (Å²) in [5.41, 5.74) is 0.612. The largest absolute Gasteiger partial charge is 0.507 e. The van der Waals surface area contributed by atoms with Crippen molar-refractivity contribution in [2.24, 2.45) is 5.73 Å². The number of phenols is 3. The first-order valence-corrected chi connectivity index (χ1v) is 22.7. The summed E-state index contributed by atoms with van der Waals surface area (Å²) in [6.07, 6.45) is -12.2. The van der Waals surface area contributed by atoms with Crippen LogP contribution in [0.25, 0.3) is 22.3 Å². The molecule has 5 aliphatic rings. The minimum Gasteiger partial charge on any atom is -0.507 e. The zero-order chi connectivity index (χ0) is 52.0. The number of carbonyl (C=O) groups excluding carboxylic acids is 1. The highest BCUT2D eigenvalue weighted by Gasteiger charge is 2.72. The number of esters is 1. The lowest BCUT2D eigenvalue weighted by Gasteiger charge is -2.53. The SMILES string of the molecule is CCC1=CC(C2C=C(Cc3ccc[nH]3)C3(Oc4cc5oc(-c6cc(O)c(O)c(CCO)c6)cc(=O)c5c(O)c42)OC2(CC#CC4(C(=O)O)OC(OC2=O)C(O)C(O)C4(O)O)C(O)C(O)C3O)=C(CC)NC1N. The van der Waals surface area contributed by atoms with Crippen LogP contribution in [0.15, 0.2) is 86.4 Å². The third-order valence-corrected chi connectivity index (χ3v) is 13.9. The van der Waals surface area contributed by atoms with Gasteiger partial charge in [0.15, 0.2) is 23.0 Å². The van der Waals surface area contributed by atoms with Gasteiger partial charge >= 0.3 is 11.9 Å². The molecule has 382 valence electrons. The second kappa shape index (κ2) is 18.1. The van der Waals surface area contributed by atoms with E-state index in [2.05, 4.69) is 16.2 Å². The minimum absolute atomic E-state index is 0.0484. The van der Waals surface area contributed by atoms with Gasteiger partial charge in [-0.3, -0.25) is 4.79 Å². The molecule has 2 aromatic heterocycles. The summed E-state index contributed by atoms with van der Waals surface area (Å²) in [6.45, 7) is 3.25. The smallest absolute Gasteiger partial charge is 0.354 e. The fraction of sp³-hybridized carbons (Fsp3) is 0.408. The number of hydrogen-bond acceptors (Lipinski definition) is 21. The Kier molecular flexibility index (Phi) is 12.6. The van der Waals surface area contributed by atoms with E-state index in [0.717, 1.165) is 18.2 Å². The van der Waals surface area contributed by atoms with Crippen LogP contribution in [0.5, 0.6) is 23.0 Å². The molecule has 0 amide bonds. The number of hydrogen-bond donors (Lipinski definition) is 15. The number of aliphatic hydroxyl groups excluding tert-OH is 6. The van der Waals surface area contributed by atoms with E-state index in [1.54, 1.807) is 24.4 Å². The van der Waals surface area contributed by atoms with Crippen molar-refractivity contribution in [1.29, 1.82) is 0 Å². The second-order valence-corrected chi connectivity index (χ2v) is 18.1. The predicted octanol–water partition coefficient (Wildman–Crippen LogP) is -0.946. The number of aromatic nitrogens is 1. The molecule has 0 saturated carbocycles. The van der Waals surface area contributed by atoms with Crippen molar-refractivity contribution in [3.8, 4) is 46.2 Å². The molecule has 72 heavy (non-hydrogen) atoms. The number of aromatic hydroxyl groups is 3. The highest BCUT2D eigenvalue weighted by atomic mass is 16.8. The van der Waals surface area contributed by atoms with Gasteiger partial charge < -0.3 is 101 Å². The average molecular weight is 1000 g/mol. The molecule has 5 aliphatic heterocycles. The maximum atomic E-state index is 14.8. The molecule has 9 rings (SSSR count). The molecule has 2 spiro atoms. The lowest BCUT2D eigenvalue weighted by Crippen LogP contribution is -2.76. The first-order chi connectivity index (χ1) is 34.1. The maximum absolute atomic E-state index is 14.8. The molecule has 23 heteroatoms. The van der Waals surface area contributed by atoms with Crippen LogP contribution in [0.3, 0.4) is 0 Å². The standard InChI is InChI=1S/C49H51N3O20/c1-3-20-14-25(27(4-2)52-42(20)50)26-17-23(16-24-7-5-11-51-24)48(70-32-19-31-34(36(57)33(26)32)28(54)18-30(68-31)22-13-21(8-12-53)35(56)29(55)15-22)40(61)37(58)39(60)46(72-48)9-6-10-47(44(63)64)49(66,67)41(62)38(59)43(71-47)69-45(46)65/h5,7,11,13-15,17-19,26,37-43,51-53,55-62,66-67H,3-4,8-9,12,16,50H2,1-2H3,(H,63,64). The van der Waals surface area contributed by atoms with Crippen molar-refractivity contribution in [3.05, 3.63) is 104 Å². The topological polar surface area (TPSA) is 398 Å². The number of benzene rings is 2. The average Bonchev–Trinajstić information content (AvgIpc) is 3.83. The number of dihydropyridines is 1. The van der Waals surface area contributed by atoms with Crippen molar-refractivity contribution < 1.29 is 94.2 Å². The van der Waals surface area contributed by atoms with Crippen LogP contribution in [0, 0.1) is 11.8 Å². The monoisotopic (exact) mass is 1000 g/mol. The summed E-state index contributed by atoms with van der Waals surface area (Å²) in [5.74, 6) is -10.3. The lowest BCUT2D eigenvalue weighted by atomic mass is 9.77. The van der Waals surface area contributed by atoms with E-state index >= 15 is 0 Å². The van der Waals surface area contributed by atoms with Crippen LogP contribution in [0.4, 0.5) is 0 Å². The molecule has 7 heterocycles. The first-order valence-electron chi connectivity index (χ1n) is 22.7.